The van der Waals surface area contributed by atoms with Gasteiger partial charge in [0.15, 0.2) is 0 Å². The van der Waals surface area contributed by atoms with Gasteiger partial charge in [0.2, 0.25) is 0 Å². The Bertz CT molecular complexity index is 466. The van der Waals surface area contributed by atoms with E-state index in [9.17, 15) is 14.9 Å². The monoisotopic (exact) mass is 317 g/mol. The molecule has 1 aromatic rings. The summed E-state index contributed by atoms with van der Waals surface area (Å²) in [4.78, 5) is 25.4. The maximum Gasteiger partial charge on any atom is 0.328 e. The summed E-state index contributed by atoms with van der Waals surface area (Å²) in [5.41, 5.74) is -0.00363. The van der Waals surface area contributed by atoms with E-state index in [-0.39, 0.29) is 18.0 Å². The van der Waals surface area contributed by atoms with Crippen LogP contribution in [0.3, 0.4) is 0 Å². The number of anilines is 1. The second-order valence-corrected chi connectivity index (χ2v) is 4.24. The highest BCUT2D eigenvalue weighted by atomic mass is 79.9. The van der Waals surface area contributed by atoms with Crippen molar-refractivity contribution in [2.45, 2.75) is 19.9 Å². The van der Waals surface area contributed by atoms with Crippen molar-refractivity contribution < 1.29 is 14.5 Å². The molecule has 7 nitrogen and oxygen atoms in total. The first-order chi connectivity index (χ1) is 8.47. The normalized spacial score (nSPS) is 11.7. The molecule has 0 bridgehead atoms. The van der Waals surface area contributed by atoms with E-state index in [0.29, 0.717) is 4.47 Å². The minimum Gasteiger partial charge on any atom is -0.464 e. The van der Waals surface area contributed by atoms with E-state index in [1.807, 2.05) is 0 Å². The van der Waals surface area contributed by atoms with Gasteiger partial charge >= 0.3 is 11.7 Å². The molecule has 0 aliphatic heterocycles. The highest BCUT2D eigenvalue weighted by Crippen LogP contribution is 2.31. The molecule has 1 atom stereocenters. The van der Waals surface area contributed by atoms with Crippen molar-refractivity contribution in [2.75, 3.05) is 11.9 Å². The summed E-state index contributed by atoms with van der Waals surface area (Å²) in [5, 5.41) is 13.6. The predicted octanol–water partition coefficient (Wildman–Crippen LogP) is 2.12. The largest absolute Gasteiger partial charge is 0.464 e. The summed E-state index contributed by atoms with van der Waals surface area (Å²) in [5.74, 6) is -0.476. The number of rotatable bonds is 5. The van der Waals surface area contributed by atoms with E-state index >= 15 is 0 Å². The third-order valence-electron chi connectivity index (χ3n) is 2.08. The predicted molar refractivity (Wildman–Crippen MR) is 68.3 cm³/mol. The van der Waals surface area contributed by atoms with Crippen LogP contribution in [-0.4, -0.2) is 28.5 Å². The standard InChI is InChI=1S/C10H12BrN3O4/c1-3-18-10(15)6(2)13-9-7(11)4-12-5-8(9)14(16)17/h4-6H,3H2,1-2H3,(H,12,13). The molecular formula is C10H12BrN3O4. The fraction of sp³-hybridized carbons (Fsp3) is 0.400. The number of hydrogen-bond donors (Lipinski definition) is 1. The molecule has 0 aliphatic rings. The Kier molecular flexibility index (Phi) is 5.02. The molecular weight excluding hydrogens is 306 g/mol. The Hall–Kier alpha value is -1.70. The first-order valence-corrected chi connectivity index (χ1v) is 5.97. The van der Waals surface area contributed by atoms with Gasteiger partial charge in [-0.15, -0.1) is 0 Å². The van der Waals surface area contributed by atoms with Crippen LogP contribution >= 0.6 is 15.9 Å². The molecule has 1 rings (SSSR count). The van der Waals surface area contributed by atoms with Crippen molar-refractivity contribution in [1.82, 2.24) is 4.98 Å². The van der Waals surface area contributed by atoms with E-state index < -0.39 is 16.9 Å². The molecule has 1 heterocycles. The number of nitrogens with zero attached hydrogens (tertiary/aromatic N) is 2. The van der Waals surface area contributed by atoms with E-state index in [1.54, 1.807) is 13.8 Å². The van der Waals surface area contributed by atoms with Gasteiger partial charge in [0.25, 0.3) is 0 Å². The van der Waals surface area contributed by atoms with Crippen LogP contribution in [0.4, 0.5) is 11.4 Å². The van der Waals surface area contributed by atoms with Gasteiger partial charge < -0.3 is 10.1 Å². The Balaban J connectivity index is 2.96. The number of hydrogen-bond acceptors (Lipinski definition) is 6. The molecule has 0 amide bonds. The molecule has 1 N–H and O–H groups in total. The van der Waals surface area contributed by atoms with Crippen LogP contribution in [0.15, 0.2) is 16.9 Å². The van der Waals surface area contributed by atoms with Crippen LogP contribution < -0.4 is 5.32 Å². The van der Waals surface area contributed by atoms with Crippen molar-refractivity contribution in [1.29, 1.82) is 0 Å². The van der Waals surface area contributed by atoms with E-state index in [1.165, 1.54) is 6.20 Å². The topological polar surface area (TPSA) is 94.4 Å². The minimum atomic E-state index is -0.692. The lowest BCUT2D eigenvalue weighted by atomic mass is 10.3. The lowest BCUT2D eigenvalue weighted by Gasteiger charge is -2.14. The molecule has 0 saturated heterocycles. The number of nitrogens with one attached hydrogen (secondary N) is 1. The van der Waals surface area contributed by atoms with Gasteiger partial charge in [-0.2, -0.15) is 0 Å². The number of nitro groups is 1. The third-order valence-corrected chi connectivity index (χ3v) is 2.68. The molecule has 0 fully saturated rings. The molecule has 0 saturated carbocycles. The quantitative estimate of drug-likeness (QED) is 0.508. The lowest BCUT2D eigenvalue weighted by molar-refractivity contribution is -0.384. The Morgan fingerprint density at radius 1 is 1.67 bits per heavy atom. The Morgan fingerprint density at radius 2 is 2.33 bits per heavy atom. The van der Waals surface area contributed by atoms with Crippen molar-refractivity contribution in [2.24, 2.45) is 0 Å². The lowest BCUT2D eigenvalue weighted by Crippen LogP contribution is -2.28. The van der Waals surface area contributed by atoms with Crippen LogP contribution in [0, 0.1) is 10.1 Å². The summed E-state index contributed by atoms with van der Waals surface area (Å²) >= 11 is 3.15. The number of carbonyl (C=O) groups excluding carboxylic acids is 1. The van der Waals surface area contributed by atoms with Gasteiger partial charge in [-0.05, 0) is 29.8 Å². The zero-order chi connectivity index (χ0) is 13.7. The van der Waals surface area contributed by atoms with Gasteiger partial charge in [-0.1, -0.05) is 0 Å². The summed E-state index contributed by atoms with van der Waals surface area (Å²) < 4.78 is 5.22. The average molecular weight is 318 g/mol. The molecule has 0 aromatic carbocycles. The van der Waals surface area contributed by atoms with Crippen LogP contribution in [0.1, 0.15) is 13.8 Å². The number of aromatic nitrogens is 1. The number of pyridine rings is 1. The number of halogens is 1. The van der Waals surface area contributed by atoms with Gasteiger partial charge in [0.1, 0.15) is 17.9 Å². The summed E-state index contributed by atoms with van der Waals surface area (Å²) in [6.07, 6.45) is 2.53. The molecule has 0 radical (unpaired) electrons. The molecule has 0 aliphatic carbocycles. The molecule has 8 heteroatoms. The van der Waals surface area contributed by atoms with E-state index in [2.05, 4.69) is 26.2 Å². The molecule has 18 heavy (non-hydrogen) atoms. The van der Waals surface area contributed by atoms with Crippen LogP contribution in [0.2, 0.25) is 0 Å². The zero-order valence-corrected chi connectivity index (χ0v) is 11.4. The molecule has 0 spiro atoms. The van der Waals surface area contributed by atoms with Gasteiger partial charge in [-0.25, -0.2) is 4.79 Å². The van der Waals surface area contributed by atoms with Crippen LogP contribution in [0.25, 0.3) is 0 Å². The van der Waals surface area contributed by atoms with Crippen molar-refractivity contribution in [3.05, 3.63) is 27.0 Å². The summed E-state index contributed by atoms with van der Waals surface area (Å²) in [6, 6.07) is -0.692. The number of esters is 1. The summed E-state index contributed by atoms with van der Waals surface area (Å²) in [6.45, 7) is 3.51. The Labute approximate surface area is 112 Å². The number of carbonyl (C=O) groups is 1. The van der Waals surface area contributed by atoms with Crippen LogP contribution in [0.5, 0.6) is 0 Å². The van der Waals surface area contributed by atoms with Crippen molar-refractivity contribution in [3.8, 4) is 0 Å². The second-order valence-electron chi connectivity index (χ2n) is 3.39. The molecule has 98 valence electrons. The fourth-order valence-electron chi connectivity index (χ4n) is 1.25. The third kappa shape index (κ3) is 3.39. The number of ether oxygens (including phenoxy) is 1. The maximum absolute atomic E-state index is 11.5. The van der Waals surface area contributed by atoms with Gasteiger partial charge in [0.05, 0.1) is 16.0 Å². The van der Waals surface area contributed by atoms with Gasteiger partial charge in [0, 0.05) is 6.20 Å². The van der Waals surface area contributed by atoms with Crippen LogP contribution in [-0.2, 0) is 9.53 Å². The summed E-state index contributed by atoms with van der Waals surface area (Å²) in [7, 11) is 0. The first-order valence-electron chi connectivity index (χ1n) is 5.18. The smallest absolute Gasteiger partial charge is 0.328 e. The first kappa shape index (κ1) is 14.4. The zero-order valence-electron chi connectivity index (χ0n) is 9.84. The minimum absolute atomic E-state index is 0.204. The van der Waals surface area contributed by atoms with E-state index in [0.717, 1.165) is 6.20 Å². The SMILES string of the molecule is CCOC(=O)C(C)Nc1c(Br)cncc1[N+](=O)[O-]. The average Bonchev–Trinajstić information content (AvgIpc) is 2.31. The maximum atomic E-state index is 11.5. The van der Waals surface area contributed by atoms with E-state index in [4.69, 9.17) is 4.74 Å². The highest BCUT2D eigenvalue weighted by Gasteiger charge is 2.22. The molecule has 1 aromatic heterocycles. The Morgan fingerprint density at radius 3 is 2.89 bits per heavy atom. The second kappa shape index (κ2) is 6.29. The van der Waals surface area contributed by atoms with Gasteiger partial charge in [-0.3, -0.25) is 15.1 Å². The highest BCUT2D eigenvalue weighted by molar-refractivity contribution is 9.10. The fourth-order valence-corrected chi connectivity index (χ4v) is 1.68. The van der Waals surface area contributed by atoms with Crippen molar-refractivity contribution >= 4 is 33.3 Å². The molecule has 1 unspecified atom stereocenters. The van der Waals surface area contributed by atoms with Crippen molar-refractivity contribution in [3.63, 3.8) is 0 Å².